The van der Waals surface area contributed by atoms with Crippen molar-refractivity contribution in [2.75, 3.05) is 6.61 Å². The third-order valence-corrected chi connectivity index (χ3v) is 2.08. The smallest absolute Gasteiger partial charge is 0.344 e. The summed E-state index contributed by atoms with van der Waals surface area (Å²) in [5, 5.41) is 3.71. The second kappa shape index (κ2) is 4.41. The first-order valence-corrected chi connectivity index (χ1v) is 4.81. The van der Waals surface area contributed by atoms with Crippen molar-refractivity contribution in [2.45, 2.75) is 20.3 Å². The van der Waals surface area contributed by atoms with E-state index in [2.05, 4.69) is 21.1 Å². The summed E-state index contributed by atoms with van der Waals surface area (Å²) in [5.41, 5.74) is 1.01. The van der Waals surface area contributed by atoms with Gasteiger partial charge in [0, 0.05) is 0 Å². The zero-order chi connectivity index (χ0) is 9.84. The van der Waals surface area contributed by atoms with Gasteiger partial charge in [0.25, 0.3) is 0 Å². The second-order valence-corrected chi connectivity index (χ2v) is 3.07. The van der Waals surface area contributed by atoms with Crippen molar-refractivity contribution in [3.63, 3.8) is 0 Å². The van der Waals surface area contributed by atoms with E-state index >= 15 is 0 Å². The van der Waals surface area contributed by atoms with Crippen molar-refractivity contribution in [3.8, 4) is 0 Å². The number of halogens is 1. The van der Waals surface area contributed by atoms with E-state index < -0.39 is 5.97 Å². The number of rotatable bonds is 3. The average molecular weight is 248 g/mol. The Labute approximate surface area is 84.4 Å². The lowest BCUT2D eigenvalue weighted by molar-refractivity contribution is 0.0523. The second-order valence-electron chi connectivity index (χ2n) is 2.35. The SMILES string of the molecule is CCOC(=O)c1c(CC)noc1Br. The molecule has 0 amide bonds. The number of hydrogen-bond donors (Lipinski definition) is 0. The van der Waals surface area contributed by atoms with Crippen LogP contribution in [0.25, 0.3) is 0 Å². The Morgan fingerprint density at radius 3 is 2.85 bits per heavy atom. The molecule has 0 radical (unpaired) electrons. The minimum absolute atomic E-state index is 0.336. The summed E-state index contributed by atoms with van der Waals surface area (Å²) in [7, 11) is 0. The molecule has 72 valence electrons. The maximum Gasteiger partial charge on any atom is 0.344 e. The number of carbonyl (C=O) groups is 1. The minimum Gasteiger partial charge on any atom is -0.462 e. The highest BCUT2D eigenvalue weighted by molar-refractivity contribution is 9.10. The first-order valence-electron chi connectivity index (χ1n) is 4.01. The van der Waals surface area contributed by atoms with Gasteiger partial charge in [-0.3, -0.25) is 0 Å². The van der Waals surface area contributed by atoms with Crippen LogP contribution in [-0.2, 0) is 11.2 Å². The van der Waals surface area contributed by atoms with Crippen LogP contribution in [0.3, 0.4) is 0 Å². The number of carbonyl (C=O) groups excluding carboxylic acids is 1. The Morgan fingerprint density at radius 1 is 1.62 bits per heavy atom. The molecule has 1 aromatic heterocycles. The molecule has 0 aromatic carbocycles. The lowest BCUT2D eigenvalue weighted by atomic mass is 10.2. The molecule has 1 aromatic rings. The van der Waals surface area contributed by atoms with Gasteiger partial charge in [-0.25, -0.2) is 4.79 Å². The summed E-state index contributed by atoms with van der Waals surface area (Å²) in [5.74, 6) is -0.396. The number of ether oxygens (including phenoxy) is 1. The quantitative estimate of drug-likeness (QED) is 0.769. The molecule has 4 nitrogen and oxygen atoms in total. The Kier molecular flexibility index (Phi) is 3.48. The van der Waals surface area contributed by atoms with Gasteiger partial charge in [0.15, 0.2) is 0 Å². The molecule has 1 heterocycles. The van der Waals surface area contributed by atoms with E-state index in [-0.39, 0.29) is 0 Å². The maximum atomic E-state index is 11.4. The van der Waals surface area contributed by atoms with Crippen LogP contribution in [0.1, 0.15) is 29.9 Å². The fourth-order valence-electron chi connectivity index (χ4n) is 0.943. The van der Waals surface area contributed by atoms with Gasteiger partial charge < -0.3 is 9.26 Å². The molecule has 0 saturated heterocycles. The van der Waals surface area contributed by atoms with Crippen LogP contribution in [0, 0.1) is 0 Å². The largest absolute Gasteiger partial charge is 0.462 e. The number of esters is 1. The normalized spacial score (nSPS) is 10.1. The van der Waals surface area contributed by atoms with Crippen molar-refractivity contribution in [2.24, 2.45) is 0 Å². The van der Waals surface area contributed by atoms with E-state index in [4.69, 9.17) is 9.26 Å². The molecule has 0 spiro atoms. The van der Waals surface area contributed by atoms with Gasteiger partial charge in [0.1, 0.15) is 5.56 Å². The predicted octanol–water partition coefficient (Wildman–Crippen LogP) is 2.18. The van der Waals surface area contributed by atoms with Crippen molar-refractivity contribution >= 4 is 21.9 Å². The first-order chi connectivity index (χ1) is 6.20. The lowest BCUT2D eigenvalue weighted by Gasteiger charge is -1.99. The molecule has 0 N–H and O–H groups in total. The Morgan fingerprint density at radius 2 is 2.31 bits per heavy atom. The van der Waals surface area contributed by atoms with Crippen molar-refractivity contribution < 1.29 is 14.1 Å². The average Bonchev–Trinajstić information content (AvgIpc) is 2.47. The van der Waals surface area contributed by atoms with Crippen LogP contribution in [0.2, 0.25) is 0 Å². The summed E-state index contributed by atoms with van der Waals surface area (Å²) in [6, 6.07) is 0. The summed E-state index contributed by atoms with van der Waals surface area (Å²) in [4.78, 5) is 11.4. The fraction of sp³-hybridized carbons (Fsp3) is 0.500. The van der Waals surface area contributed by atoms with E-state index in [0.717, 1.165) is 0 Å². The molecule has 0 unspecified atom stereocenters. The predicted molar refractivity (Wildman–Crippen MR) is 49.5 cm³/mol. The third kappa shape index (κ3) is 2.09. The zero-order valence-electron chi connectivity index (χ0n) is 7.46. The number of aryl methyl sites for hydroxylation is 1. The molecule has 5 heteroatoms. The summed E-state index contributed by atoms with van der Waals surface area (Å²) < 4.78 is 10.00. The van der Waals surface area contributed by atoms with Crippen molar-refractivity contribution in [3.05, 3.63) is 15.9 Å². The van der Waals surface area contributed by atoms with Gasteiger partial charge in [-0.05, 0) is 29.3 Å². The monoisotopic (exact) mass is 247 g/mol. The minimum atomic E-state index is -0.396. The Bertz CT molecular complexity index is 308. The van der Waals surface area contributed by atoms with E-state index in [9.17, 15) is 4.79 Å². The standard InChI is InChI=1S/C8H10BrNO3/c1-3-5-6(7(9)13-10-5)8(11)12-4-2/h3-4H2,1-2H3. The van der Waals surface area contributed by atoms with Crippen LogP contribution in [0.15, 0.2) is 9.19 Å². The molecule has 13 heavy (non-hydrogen) atoms. The van der Waals surface area contributed by atoms with Gasteiger partial charge in [-0.15, -0.1) is 0 Å². The Balaban J connectivity index is 2.96. The van der Waals surface area contributed by atoms with E-state index in [1.807, 2.05) is 6.92 Å². The highest BCUT2D eigenvalue weighted by atomic mass is 79.9. The van der Waals surface area contributed by atoms with Crippen LogP contribution < -0.4 is 0 Å². The van der Waals surface area contributed by atoms with Gasteiger partial charge in [-0.2, -0.15) is 0 Å². The zero-order valence-corrected chi connectivity index (χ0v) is 9.05. The van der Waals surface area contributed by atoms with Crippen LogP contribution in [-0.4, -0.2) is 17.7 Å². The topological polar surface area (TPSA) is 52.3 Å². The summed E-state index contributed by atoms with van der Waals surface area (Å²) in [6.45, 7) is 4.00. The molecule has 0 aliphatic heterocycles. The van der Waals surface area contributed by atoms with Gasteiger partial charge in [-0.1, -0.05) is 12.1 Å². The fourth-order valence-corrected chi connectivity index (χ4v) is 1.41. The third-order valence-electron chi connectivity index (χ3n) is 1.54. The Hall–Kier alpha value is -0.840. The summed E-state index contributed by atoms with van der Waals surface area (Å²) in [6.07, 6.45) is 0.642. The number of aromatic nitrogens is 1. The maximum absolute atomic E-state index is 11.4. The summed E-state index contributed by atoms with van der Waals surface area (Å²) >= 11 is 3.10. The van der Waals surface area contributed by atoms with E-state index in [1.165, 1.54) is 0 Å². The number of nitrogens with zero attached hydrogens (tertiary/aromatic N) is 1. The van der Waals surface area contributed by atoms with Gasteiger partial charge >= 0.3 is 5.97 Å². The number of hydrogen-bond acceptors (Lipinski definition) is 4. The first kappa shape index (κ1) is 10.2. The molecule has 0 fully saturated rings. The molecule has 0 saturated carbocycles. The molecule has 0 bridgehead atoms. The molecule has 1 rings (SSSR count). The lowest BCUT2D eigenvalue weighted by Crippen LogP contribution is -2.06. The molecular formula is C8H10BrNO3. The van der Waals surface area contributed by atoms with Crippen LogP contribution in [0.4, 0.5) is 0 Å². The molecule has 0 atom stereocenters. The molecule has 0 aliphatic rings. The highest BCUT2D eigenvalue weighted by Gasteiger charge is 2.20. The van der Waals surface area contributed by atoms with Gasteiger partial charge in [0.05, 0.1) is 12.3 Å². The van der Waals surface area contributed by atoms with Crippen LogP contribution >= 0.6 is 15.9 Å². The highest BCUT2D eigenvalue weighted by Crippen LogP contribution is 2.21. The van der Waals surface area contributed by atoms with E-state index in [0.29, 0.717) is 29.0 Å². The van der Waals surface area contributed by atoms with Gasteiger partial charge in [0.2, 0.25) is 4.67 Å². The molecular weight excluding hydrogens is 238 g/mol. The van der Waals surface area contributed by atoms with Crippen LogP contribution in [0.5, 0.6) is 0 Å². The van der Waals surface area contributed by atoms with Crippen molar-refractivity contribution in [1.29, 1.82) is 0 Å². The molecule has 0 aliphatic carbocycles. The van der Waals surface area contributed by atoms with E-state index in [1.54, 1.807) is 6.92 Å². The van der Waals surface area contributed by atoms with Crippen molar-refractivity contribution in [1.82, 2.24) is 5.16 Å².